The fourth-order valence-electron chi connectivity index (χ4n) is 3.28. The number of rotatable bonds is 2. The third kappa shape index (κ3) is 2.81. The molecular formula is C16H21NO2. The summed E-state index contributed by atoms with van der Waals surface area (Å²) in [7, 11) is 0. The van der Waals surface area contributed by atoms with E-state index in [0.29, 0.717) is 19.1 Å². The lowest BCUT2D eigenvalue weighted by molar-refractivity contribution is -0.148. The first-order chi connectivity index (χ1) is 9.34. The van der Waals surface area contributed by atoms with Crippen LogP contribution in [-0.4, -0.2) is 36.1 Å². The summed E-state index contributed by atoms with van der Waals surface area (Å²) in [5.74, 6) is 0.256. The fourth-order valence-corrected chi connectivity index (χ4v) is 3.28. The lowest BCUT2D eigenvalue weighted by Crippen LogP contribution is -2.55. The SMILES string of the molecule is O=C(Cc1ccccc1)N1CCO[C@H]2CCCC[C@@H]21. The lowest BCUT2D eigenvalue weighted by atomic mass is 9.90. The minimum absolute atomic E-state index is 0.256. The Morgan fingerprint density at radius 1 is 1.21 bits per heavy atom. The molecule has 1 heterocycles. The number of amides is 1. The number of nitrogens with zero attached hydrogens (tertiary/aromatic N) is 1. The van der Waals surface area contributed by atoms with E-state index in [-0.39, 0.29) is 12.0 Å². The van der Waals surface area contributed by atoms with Gasteiger partial charge < -0.3 is 9.64 Å². The number of ether oxygens (including phenoxy) is 1. The molecule has 0 N–H and O–H groups in total. The van der Waals surface area contributed by atoms with Gasteiger partial charge in [0.2, 0.25) is 5.91 Å². The summed E-state index contributed by atoms with van der Waals surface area (Å²) in [6, 6.07) is 10.3. The molecule has 0 spiro atoms. The van der Waals surface area contributed by atoms with Crippen molar-refractivity contribution in [2.24, 2.45) is 0 Å². The van der Waals surface area contributed by atoms with Crippen molar-refractivity contribution in [3.63, 3.8) is 0 Å². The predicted octanol–water partition coefficient (Wildman–Crippen LogP) is 2.40. The molecule has 3 nitrogen and oxygen atoms in total. The van der Waals surface area contributed by atoms with Crippen molar-refractivity contribution in [1.29, 1.82) is 0 Å². The van der Waals surface area contributed by atoms with Crippen LogP contribution in [0.3, 0.4) is 0 Å². The molecule has 2 atom stereocenters. The third-order valence-electron chi connectivity index (χ3n) is 4.25. The van der Waals surface area contributed by atoms with E-state index in [2.05, 4.69) is 4.90 Å². The van der Waals surface area contributed by atoms with Gasteiger partial charge in [-0.1, -0.05) is 43.2 Å². The van der Waals surface area contributed by atoms with E-state index in [1.165, 1.54) is 12.8 Å². The van der Waals surface area contributed by atoms with Gasteiger partial charge >= 0.3 is 0 Å². The molecule has 1 amide bonds. The molecule has 1 aromatic carbocycles. The van der Waals surface area contributed by atoms with Gasteiger partial charge in [-0.25, -0.2) is 0 Å². The van der Waals surface area contributed by atoms with Crippen LogP contribution < -0.4 is 0 Å². The Kier molecular flexibility index (Phi) is 3.83. The fraction of sp³-hybridized carbons (Fsp3) is 0.562. The number of carbonyl (C=O) groups excluding carboxylic acids is 1. The number of hydrogen-bond donors (Lipinski definition) is 0. The number of fused-ring (bicyclic) bond motifs is 1. The molecule has 1 aliphatic carbocycles. The number of benzene rings is 1. The highest BCUT2D eigenvalue weighted by Crippen LogP contribution is 2.28. The molecule has 1 saturated heterocycles. The lowest BCUT2D eigenvalue weighted by Gasteiger charge is -2.43. The maximum Gasteiger partial charge on any atom is 0.227 e. The van der Waals surface area contributed by atoms with Crippen molar-refractivity contribution in [2.45, 2.75) is 44.2 Å². The molecule has 3 heteroatoms. The van der Waals surface area contributed by atoms with E-state index in [0.717, 1.165) is 24.9 Å². The van der Waals surface area contributed by atoms with Crippen LogP contribution in [0.1, 0.15) is 31.2 Å². The maximum atomic E-state index is 12.5. The first-order valence-electron chi connectivity index (χ1n) is 7.29. The normalized spacial score (nSPS) is 26.8. The highest BCUT2D eigenvalue weighted by molar-refractivity contribution is 5.79. The molecule has 1 aromatic rings. The number of hydrogen-bond acceptors (Lipinski definition) is 2. The Labute approximate surface area is 114 Å². The van der Waals surface area contributed by atoms with Crippen LogP contribution in [-0.2, 0) is 16.0 Å². The van der Waals surface area contributed by atoms with E-state index in [1.807, 2.05) is 30.3 Å². The minimum Gasteiger partial charge on any atom is -0.374 e. The quantitative estimate of drug-likeness (QED) is 0.816. The van der Waals surface area contributed by atoms with Crippen LogP contribution in [0.4, 0.5) is 0 Å². The van der Waals surface area contributed by atoms with Gasteiger partial charge in [-0.3, -0.25) is 4.79 Å². The molecule has 102 valence electrons. The topological polar surface area (TPSA) is 29.5 Å². The van der Waals surface area contributed by atoms with Crippen LogP contribution in [0.2, 0.25) is 0 Å². The summed E-state index contributed by atoms with van der Waals surface area (Å²) >= 11 is 0. The zero-order valence-electron chi connectivity index (χ0n) is 11.3. The molecule has 1 saturated carbocycles. The molecule has 0 aromatic heterocycles. The summed E-state index contributed by atoms with van der Waals surface area (Å²) in [5, 5.41) is 0. The standard InChI is InChI=1S/C16H21NO2/c18-16(12-13-6-2-1-3-7-13)17-10-11-19-15-9-5-4-8-14(15)17/h1-3,6-7,14-15H,4-5,8-12H2/t14-,15-/m0/s1. The van der Waals surface area contributed by atoms with Crippen molar-refractivity contribution in [3.05, 3.63) is 35.9 Å². The second-order valence-electron chi connectivity index (χ2n) is 5.51. The van der Waals surface area contributed by atoms with Gasteiger partial charge in [-0.05, 0) is 18.4 Å². The molecule has 1 aliphatic heterocycles. The van der Waals surface area contributed by atoms with E-state index >= 15 is 0 Å². The van der Waals surface area contributed by atoms with Crippen LogP contribution in [0.15, 0.2) is 30.3 Å². The van der Waals surface area contributed by atoms with Gasteiger partial charge in [0.05, 0.1) is 25.2 Å². The monoisotopic (exact) mass is 259 g/mol. The Balaban J connectivity index is 1.68. The Bertz CT molecular complexity index is 430. The molecule has 0 radical (unpaired) electrons. The molecule has 2 aliphatic rings. The van der Waals surface area contributed by atoms with Crippen molar-refractivity contribution in [1.82, 2.24) is 4.90 Å². The van der Waals surface area contributed by atoms with Gasteiger partial charge in [0.1, 0.15) is 0 Å². The van der Waals surface area contributed by atoms with Crippen LogP contribution in [0.25, 0.3) is 0 Å². The van der Waals surface area contributed by atoms with E-state index < -0.39 is 0 Å². The van der Waals surface area contributed by atoms with Gasteiger partial charge in [0, 0.05) is 6.54 Å². The highest BCUT2D eigenvalue weighted by Gasteiger charge is 2.36. The van der Waals surface area contributed by atoms with Gasteiger partial charge in [0.25, 0.3) is 0 Å². The maximum absolute atomic E-state index is 12.5. The van der Waals surface area contributed by atoms with Crippen molar-refractivity contribution in [3.8, 4) is 0 Å². The molecule has 2 fully saturated rings. The summed E-state index contributed by atoms with van der Waals surface area (Å²) in [4.78, 5) is 14.6. The van der Waals surface area contributed by atoms with E-state index in [1.54, 1.807) is 0 Å². The number of carbonyl (C=O) groups is 1. The molecule has 0 bridgehead atoms. The minimum atomic E-state index is 0.256. The van der Waals surface area contributed by atoms with E-state index in [4.69, 9.17) is 4.74 Å². The number of morpholine rings is 1. The van der Waals surface area contributed by atoms with Gasteiger partial charge in [0.15, 0.2) is 0 Å². The zero-order chi connectivity index (χ0) is 13.1. The third-order valence-corrected chi connectivity index (χ3v) is 4.25. The van der Waals surface area contributed by atoms with Gasteiger partial charge in [-0.2, -0.15) is 0 Å². The van der Waals surface area contributed by atoms with Gasteiger partial charge in [-0.15, -0.1) is 0 Å². The Hall–Kier alpha value is -1.35. The first-order valence-corrected chi connectivity index (χ1v) is 7.29. The first kappa shape index (κ1) is 12.7. The van der Waals surface area contributed by atoms with Crippen LogP contribution >= 0.6 is 0 Å². The predicted molar refractivity (Wildman–Crippen MR) is 73.9 cm³/mol. The zero-order valence-corrected chi connectivity index (χ0v) is 11.3. The summed E-state index contributed by atoms with van der Waals surface area (Å²) in [6.45, 7) is 1.45. The average molecular weight is 259 g/mol. The summed E-state index contributed by atoms with van der Waals surface area (Å²) in [5.41, 5.74) is 1.10. The second kappa shape index (κ2) is 5.74. The highest BCUT2D eigenvalue weighted by atomic mass is 16.5. The average Bonchev–Trinajstić information content (AvgIpc) is 2.47. The smallest absolute Gasteiger partial charge is 0.227 e. The molecule has 0 unspecified atom stereocenters. The van der Waals surface area contributed by atoms with E-state index in [9.17, 15) is 4.79 Å². The Morgan fingerprint density at radius 2 is 2.00 bits per heavy atom. The van der Waals surface area contributed by atoms with Crippen LogP contribution in [0.5, 0.6) is 0 Å². The molecule has 3 rings (SSSR count). The van der Waals surface area contributed by atoms with Crippen LogP contribution in [0, 0.1) is 0 Å². The second-order valence-corrected chi connectivity index (χ2v) is 5.51. The summed E-state index contributed by atoms with van der Waals surface area (Å²) in [6.07, 6.45) is 5.47. The van der Waals surface area contributed by atoms with Crippen molar-refractivity contribution < 1.29 is 9.53 Å². The Morgan fingerprint density at radius 3 is 2.84 bits per heavy atom. The van der Waals surface area contributed by atoms with Crippen molar-refractivity contribution in [2.75, 3.05) is 13.2 Å². The van der Waals surface area contributed by atoms with Crippen molar-refractivity contribution >= 4 is 5.91 Å². The molecular weight excluding hydrogens is 238 g/mol. The summed E-state index contributed by atoms with van der Waals surface area (Å²) < 4.78 is 5.82. The molecule has 19 heavy (non-hydrogen) atoms. The largest absolute Gasteiger partial charge is 0.374 e.